The fourth-order valence-corrected chi connectivity index (χ4v) is 2.19. The maximum atomic E-state index is 9.06. The van der Waals surface area contributed by atoms with Gasteiger partial charge in [-0.25, -0.2) is 0 Å². The average molecular weight is 184 g/mol. The van der Waals surface area contributed by atoms with Crippen molar-refractivity contribution in [3.8, 4) is 0 Å². The van der Waals surface area contributed by atoms with Crippen molar-refractivity contribution in [2.45, 2.75) is 31.8 Å². The van der Waals surface area contributed by atoms with Gasteiger partial charge in [-0.2, -0.15) is 0 Å². The van der Waals surface area contributed by atoms with E-state index >= 15 is 0 Å². The normalized spacial score (nSPS) is 34.6. The predicted octanol–water partition coefficient (Wildman–Crippen LogP) is 1.22. The molecule has 0 aromatic rings. The van der Waals surface area contributed by atoms with Crippen molar-refractivity contribution < 1.29 is 14.6 Å². The standard InChI is InChI=1S/C10H16O3/c1-8-4-10(6-12-7-13-10)3-2-9(8)5-11/h11H,2-7H2,1H3. The van der Waals surface area contributed by atoms with Gasteiger partial charge in [-0.15, -0.1) is 0 Å². The first-order valence-corrected chi connectivity index (χ1v) is 4.76. The minimum atomic E-state index is -0.0667. The average Bonchev–Trinajstić information content (AvgIpc) is 2.54. The van der Waals surface area contributed by atoms with Gasteiger partial charge in [0.15, 0.2) is 0 Å². The maximum Gasteiger partial charge on any atom is 0.147 e. The first-order chi connectivity index (χ1) is 6.26. The molecule has 1 aliphatic heterocycles. The minimum absolute atomic E-state index is 0.0667. The van der Waals surface area contributed by atoms with Crippen LogP contribution in [0.3, 0.4) is 0 Å². The molecule has 1 saturated heterocycles. The van der Waals surface area contributed by atoms with Crippen LogP contribution in [0.1, 0.15) is 26.2 Å². The highest BCUT2D eigenvalue weighted by molar-refractivity contribution is 5.20. The molecule has 1 aliphatic carbocycles. The first kappa shape index (κ1) is 9.19. The number of ether oxygens (including phenoxy) is 2. The molecule has 13 heavy (non-hydrogen) atoms. The Morgan fingerprint density at radius 3 is 2.92 bits per heavy atom. The smallest absolute Gasteiger partial charge is 0.147 e. The monoisotopic (exact) mass is 184 g/mol. The largest absolute Gasteiger partial charge is 0.392 e. The van der Waals surface area contributed by atoms with Gasteiger partial charge in [0.1, 0.15) is 6.79 Å². The summed E-state index contributed by atoms with van der Waals surface area (Å²) in [6, 6.07) is 0. The SMILES string of the molecule is CC1=C(CO)CCC2(COCO2)C1. The third kappa shape index (κ3) is 1.64. The first-order valence-electron chi connectivity index (χ1n) is 4.76. The Labute approximate surface area is 78.3 Å². The van der Waals surface area contributed by atoms with Crippen molar-refractivity contribution in [3.63, 3.8) is 0 Å². The highest BCUT2D eigenvalue weighted by Crippen LogP contribution is 2.37. The summed E-state index contributed by atoms with van der Waals surface area (Å²) in [5, 5.41) is 9.06. The van der Waals surface area contributed by atoms with E-state index in [-0.39, 0.29) is 12.2 Å². The summed E-state index contributed by atoms with van der Waals surface area (Å²) >= 11 is 0. The predicted molar refractivity (Wildman–Crippen MR) is 48.3 cm³/mol. The fraction of sp³-hybridized carbons (Fsp3) is 0.800. The molecule has 0 amide bonds. The van der Waals surface area contributed by atoms with Crippen molar-refractivity contribution in [2.24, 2.45) is 0 Å². The van der Waals surface area contributed by atoms with Gasteiger partial charge < -0.3 is 14.6 Å². The molecule has 0 saturated carbocycles. The van der Waals surface area contributed by atoms with Crippen LogP contribution in [0.4, 0.5) is 0 Å². The van der Waals surface area contributed by atoms with E-state index in [1.165, 1.54) is 11.1 Å². The number of hydrogen-bond donors (Lipinski definition) is 1. The van der Waals surface area contributed by atoms with E-state index in [0.29, 0.717) is 13.4 Å². The second-order valence-corrected chi connectivity index (χ2v) is 4.01. The summed E-state index contributed by atoms with van der Waals surface area (Å²) in [7, 11) is 0. The van der Waals surface area contributed by atoms with Crippen LogP contribution >= 0.6 is 0 Å². The topological polar surface area (TPSA) is 38.7 Å². The second-order valence-electron chi connectivity index (χ2n) is 4.01. The lowest BCUT2D eigenvalue weighted by Crippen LogP contribution is -2.35. The van der Waals surface area contributed by atoms with Gasteiger partial charge >= 0.3 is 0 Å². The van der Waals surface area contributed by atoms with Gasteiger partial charge in [0.25, 0.3) is 0 Å². The van der Waals surface area contributed by atoms with Crippen LogP contribution in [0.2, 0.25) is 0 Å². The lowest BCUT2D eigenvalue weighted by Gasteiger charge is -2.32. The molecule has 1 fully saturated rings. The third-order valence-corrected chi connectivity index (χ3v) is 3.08. The zero-order chi connectivity index (χ0) is 9.31. The van der Waals surface area contributed by atoms with Crippen molar-refractivity contribution in [1.29, 1.82) is 0 Å². The number of aliphatic hydroxyl groups is 1. The summed E-state index contributed by atoms with van der Waals surface area (Å²) in [4.78, 5) is 0. The highest BCUT2D eigenvalue weighted by Gasteiger charge is 2.38. The third-order valence-electron chi connectivity index (χ3n) is 3.08. The molecule has 1 unspecified atom stereocenters. The second kappa shape index (κ2) is 3.40. The molecule has 1 N–H and O–H groups in total. The van der Waals surface area contributed by atoms with Crippen LogP contribution in [0.15, 0.2) is 11.1 Å². The van der Waals surface area contributed by atoms with E-state index in [1.54, 1.807) is 0 Å². The molecular formula is C10H16O3. The van der Waals surface area contributed by atoms with Gasteiger partial charge in [-0.05, 0) is 31.8 Å². The van der Waals surface area contributed by atoms with E-state index < -0.39 is 0 Å². The van der Waals surface area contributed by atoms with Gasteiger partial charge in [-0.3, -0.25) is 0 Å². The number of hydrogen-bond acceptors (Lipinski definition) is 3. The molecule has 0 aromatic carbocycles. The molecule has 3 heteroatoms. The van der Waals surface area contributed by atoms with E-state index in [4.69, 9.17) is 14.6 Å². The van der Waals surface area contributed by atoms with Crippen LogP contribution in [0, 0.1) is 0 Å². The molecule has 2 aliphatic rings. The zero-order valence-electron chi connectivity index (χ0n) is 8.01. The molecule has 0 bridgehead atoms. The van der Waals surface area contributed by atoms with Crippen LogP contribution in [0.5, 0.6) is 0 Å². The summed E-state index contributed by atoms with van der Waals surface area (Å²) in [6.45, 7) is 3.42. The zero-order valence-corrected chi connectivity index (χ0v) is 8.01. The van der Waals surface area contributed by atoms with Crippen molar-refractivity contribution >= 4 is 0 Å². The molecule has 1 atom stereocenters. The molecule has 1 heterocycles. The summed E-state index contributed by atoms with van der Waals surface area (Å²) in [5.41, 5.74) is 2.39. The van der Waals surface area contributed by atoms with Crippen molar-refractivity contribution in [1.82, 2.24) is 0 Å². The lowest BCUT2D eigenvalue weighted by atomic mass is 9.81. The Bertz CT molecular complexity index is 226. The van der Waals surface area contributed by atoms with Gasteiger partial charge in [0, 0.05) is 0 Å². The molecule has 0 radical (unpaired) electrons. The van der Waals surface area contributed by atoms with Gasteiger partial charge in [0.2, 0.25) is 0 Å². The molecule has 2 rings (SSSR count). The Morgan fingerprint density at radius 2 is 2.38 bits per heavy atom. The highest BCUT2D eigenvalue weighted by atomic mass is 16.7. The van der Waals surface area contributed by atoms with Crippen LogP contribution in [0.25, 0.3) is 0 Å². The quantitative estimate of drug-likeness (QED) is 0.623. The fourth-order valence-electron chi connectivity index (χ4n) is 2.19. The molecule has 1 spiro atoms. The van der Waals surface area contributed by atoms with Crippen molar-refractivity contribution in [3.05, 3.63) is 11.1 Å². The van der Waals surface area contributed by atoms with Crippen LogP contribution < -0.4 is 0 Å². The number of aliphatic hydroxyl groups excluding tert-OH is 1. The van der Waals surface area contributed by atoms with E-state index in [9.17, 15) is 0 Å². The van der Waals surface area contributed by atoms with Gasteiger partial charge in [-0.1, -0.05) is 5.57 Å². The van der Waals surface area contributed by atoms with E-state index in [0.717, 1.165) is 19.3 Å². The molecule has 3 nitrogen and oxygen atoms in total. The maximum absolute atomic E-state index is 9.06. The number of rotatable bonds is 1. The van der Waals surface area contributed by atoms with Crippen molar-refractivity contribution in [2.75, 3.05) is 20.0 Å². The van der Waals surface area contributed by atoms with Crippen LogP contribution in [-0.2, 0) is 9.47 Å². The Balaban J connectivity index is 2.11. The Kier molecular flexibility index (Phi) is 2.41. The molecule has 0 aromatic heterocycles. The Morgan fingerprint density at radius 1 is 1.54 bits per heavy atom. The van der Waals surface area contributed by atoms with Crippen LogP contribution in [-0.4, -0.2) is 30.7 Å². The minimum Gasteiger partial charge on any atom is -0.392 e. The summed E-state index contributed by atoms with van der Waals surface area (Å²) < 4.78 is 10.9. The summed E-state index contributed by atoms with van der Waals surface area (Å²) in [5.74, 6) is 0. The van der Waals surface area contributed by atoms with E-state index in [1.807, 2.05) is 0 Å². The summed E-state index contributed by atoms with van der Waals surface area (Å²) in [6.07, 6.45) is 2.86. The van der Waals surface area contributed by atoms with E-state index in [2.05, 4.69) is 6.92 Å². The molecule has 74 valence electrons. The van der Waals surface area contributed by atoms with Gasteiger partial charge in [0.05, 0.1) is 18.8 Å². The lowest BCUT2D eigenvalue weighted by molar-refractivity contribution is -0.0165. The Hall–Kier alpha value is -0.380. The molecular weight excluding hydrogens is 168 g/mol.